The van der Waals surface area contributed by atoms with Crippen molar-refractivity contribution >= 4 is 27.5 Å². The number of rotatable bonds is 6. The monoisotopic (exact) mass is 328 g/mol. The summed E-state index contributed by atoms with van der Waals surface area (Å²) in [6.07, 6.45) is 2.21. The maximum atomic E-state index is 5.83. The summed E-state index contributed by atoms with van der Waals surface area (Å²) in [7, 11) is 0. The molecule has 0 spiro atoms. The van der Waals surface area contributed by atoms with Crippen LogP contribution in [0.4, 0.5) is 0 Å². The molecule has 0 bridgehead atoms. The van der Waals surface area contributed by atoms with Gasteiger partial charge in [0.25, 0.3) is 0 Å². The highest BCUT2D eigenvalue weighted by Crippen LogP contribution is 2.31. The third-order valence-corrected chi connectivity index (χ3v) is 4.46. The zero-order valence-electron chi connectivity index (χ0n) is 13.1. The molecular formula is C17H20N4OS. The largest absolute Gasteiger partial charge is 0.457 e. The topological polar surface area (TPSA) is 76.4 Å². The smallest absolute Gasteiger partial charge is 0.189 e. The summed E-state index contributed by atoms with van der Waals surface area (Å²) in [6.45, 7) is 3.41. The Morgan fingerprint density at radius 2 is 2.17 bits per heavy atom. The highest BCUT2D eigenvalue weighted by Gasteiger charge is 2.10. The molecule has 6 heteroatoms. The molecule has 120 valence electrons. The first kappa shape index (κ1) is 15.6. The second-order valence-electron chi connectivity index (χ2n) is 5.23. The average Bonchev–Trinajstić information content (AvgIpc) is 3.19. The number of fused-ring (bicyclic) bond motifs is 1. The van der Waals surface area contributed by atoms with Crippen molar-refractivity contribution in [2.45, 2.75) is 26.3 Å². The van der Waals surface area contributed by atoms with Gasteiger partial charge in [-0.3, -0.25) is 0 Å². The molecule has 3 rings (SSSR count). The summed E-state index contributed by atoms with van der Waals surface area (Å²) >= 11 is 1.62. The molecule has 0 fully saturated rings. The van der Waals surface area contributed by atoms with Gasteiger partial charge >= 0.3 is 0 Å². The molecular weight excluding hydrogens is 308 g/mol. The first-order valence-electron chi connectivity index (χ1n) is 7.74. The Bertz CT molecular complexity index is 773. The van der Waals surface area contributed by atoms with Gasteiger partial charge in [-0.25, -0.2) is 9.98 Å². The van der Waals surface area contributed by atoms with Gasteiger partial charge < -0.3 is 15.5 Å². The number of unbranched alkanes of at least 4 members (excludes halogenated alkanes) is 1. The third-order valence-electron chi connectivity index (χ3n) is 3.41. The van der Waals surface area contributed by atoms with Gasteiger partial charge in [0.05, 0.1) is 10.2 Å². The summed E-state index contributed by atoms with van der Waals surface area (Å²) in [4.78, 5) is 8.88. The Morgan fingerprint density at radius 1 is 1.30 bits per heavy atom. The Labute approximate surface area is 139 Å². The number of benzene rings is 1. The van der Waals surface area contributed by atoms with Gasteiger partial charge in [-0.05, 0) is 30.7 Å². The van der Waals surface area contributed by atoms with Crippen LogP contribution in [0.25, 0.3) is 21.0 Å². The molecule has 3 N–H and O–H groups in total. The van der Waals surface area contributed by atoms with Gasteiger partial charge in [-0.2, -0.15) is 0 Å². The predicted molar refractivity (Wildman–Crippen MR) is 95.6 cm³/mol. The van der Waals surface area contributed by atoms with Gasteiger partial charge in [-0.15, -0.1) is 11.3 Å². The van der Waals surface area contributed by atoms with E-state index >= 15 is 0 Å². The first-order chi connectivity index (χ1) is 11.3. The maximum absolute atomic E-state index is 5.83. The predicted octanol–water partition coefficient (Wildman–Crippen LogP) is 3.76. The summed E-state index contributed by atoms with van der Waals surface area (Å²) in [6, 6.07) is 11.9. The van der Waals surface area contributed by atoms with Crippen molar-refractivity contribution in [2.75, 3.05) is 6.54 Å². The fourth-order valence-corrected chi connectivity index (χ4v) is 3.10. The fourth-order valence-electron chi connectivity index (χ4n) is 2.17. The van der Waals surface area contributed by atoms with Crippen LogP contribution in [0, 0.1) is 0 Å². The Morgan fingerprint density at radius 3 is 3.00 bits per heavy atom. The number of furan rings is 1. The lowest BCUT2D eigenvalue weighted by Crippen LogP contribution is -2.32. The van der Waals surface area contributed by atoms with Crippen molar-refractivity contribution in [2.24, 2.45) is 10.7 Å². The van der Waals surface area contributed by atoms with Crippen molar-refractivity contribution in [1.29, 1.82) is 0 Å². The van der Waals surface area contributed by atoms with E-state index in [2.05, 4.69) is 28.3 Å². The van der Waals surface area contributed by atoms with Crippen LogP contribution in [0.5, 0.6) is 0 Å². The molecule has 0 atom stereocenters. The molecule has 0 radical (unpaired) electrons. The average molecular weight is 328 g/mol. The van der Waals surface area contributed by atoms with Gasteiger partial charge in [0.2, 0.25) is 0 Å². The number of thiazole rings is 1. The fraction of sp³-hybridized carbons (Fsp3) is 0.294. The van der Waals surface area contributed by atoms with Gasteiger partial charge in [0, 0.05) is 6.54 Å². The van der Waals surface area contributed by atoms with Crippen LogP contribution < -0.4 is 11.1 Å². The maximum Gasteiger partial charge on any atom is 0.189 e. The zero-order valence-corrected chi connectivity index (χ0v) is 13.9. The molecule has 0 aliphatic rings. The minimum atomic E-state index is 0.426. The van der Waals surface area contributed by atoms with Crippen molar-refractivity contribution < 1.29 is 4.42 Å². The Hall–Kier alpha value is -2.34. The summed E-state index contributed by atoms with van der Waals surface area (Å²) < 4.78 is 6.99. The molecule has 0 unspecified atom stereocenters. The van der Waals surface area contributed by atoms with E-state index in [1.807, 2.05) is 30.3 Å². The molecule has 2 heterocycles. The van der Waals surface area contributed by atoms with Crippen LogP contribution in [-0.2, 0) is 6.54 Å². The van der Waals surface area contributed by atoms with E-state index in [1.165, 1.54) is 0 Å². The highest BCUT2D eigenvalue weighted by atomic mass is 32.1. The molecule has 5 nitrogen and oxygen atoms in total. The van der Waals surface area contributed by atoms with Crippen molar-refractivity contribution in [1.82, 2.24) is 10.3 Å². The molecule has 1 aromatic carbocycles. The molecule has 0 amide bonds. The molecule has 0 saturated heterocycles. The quantitative estimate of drug-likeness (QED) is 0.410. The number of nitrogens with two attached hydrogens (primary N) is 1. The normalized spacial score (nSPS) is 12.0. The SMILES string of the molecule is CCCCNC(N)=NCc1ccc(-c2nc3ccccc3s2)o1. The first-order valence-corrected chi connectivity index (χ1v) is 8.56. The lowest BCUT2D eigenvalue weighted by Gasteiger charge is -2.03. The number of nitrogens with one attached hydrogen (secondary N) is 1. The minimum Gasteiger partial charge on any atom is -0.457 e. The lowest BCUT2D eigenvalue weighted by atomic mass is 10.3. The Balaban J connectivity index is 1.67. The van der Waals surface area contributed by atoms with Crippen molar-refractivity contribution in [3.8, 4) is 10.8 Å². The Kier molecular flexibility index (Phi) is 4.92. The third kappa shape index (κ3) is 3.90. The highest BCUT2D eigenvalue weighted by molar-refractivity contribution is 7.21. The zero-order chi connectivity index (χ0) is 16.1. The van der Waals surface area contributed by atoms with E-state index in [0.29, 0.717) is 12.5 Å². The van der Waals surface area contributed by atoms with E-state index in [9.17, 15) is 0 Å². The number of hydrogen-bond donors (Lipinski definition) is 2. The van der Waals surface area contributed by atoms with E-state index in [1.54, 1.807) is 11.3 Å². The van der Waals surface area contributed by atoms with E-state index in [0.717, 1.165) is 46.1 Å². The second kappa shape index (κ2) is 7.28. The number of hydrogen-bond acceptors (Lipinski definition) is 4. The molecule has 0 aliphatic heterocycles. The number of aliphatic imine (C=N–C) groups is 1. The summed E-state index contributed by atoms with van der Waals surface area (Å²) in [5, 5.41) is 3.97. The van der Waals surface area contributed by atoms with E-state index in [4.69, 9.17) is 10.2 Å². The van der Waals surface area contributed by atoms with Gasteiger partial charge in [-0.1, -0.05) is 25.5 Å². The lowest BCUT2D eigenvalue weighted by molar-refractivity contribution is 0.525. The molecule has 3 aromatic rings. The summed E-state index contributed by atoms with van der Waals surface area (Å²) in [5.41, 5.74) is 6.81. The molecule has 2 aromatic heterocycles. The number of para-hydroxylation sites is 1. The molecule has 23 heavy (non-hydrogen) atoms. The van der Waals surface area contributed by atoms with E-state index in [-0.39, 0.29) is 0 Å². The van der Waals surface area contributed by atoms with Crippen molar-refractivity contribution in [3.05, 3.63) is 42.2 Å². The molecule has 0 saturated carbocycles. The molecule has 0 aliphatic carbocycles. The van der Waals surface area contributed by atoms with Crippen LogP contribution in [-0.4, -0.2) is 17.5 Å². The van der Waals surface area contributed by atoms with Crippen LogP contribution in [0.15, 0.2) is 45.8 Å². The standard InChI is InChI=1S/C17H20N4OS/c1-2-3-10-19-17(18)20-11-12-8-9-14(22-12)16-21-13-6-4-5-7-15(13)23-16/h4-9H,2-3,10-11H2,1H3,(H3,18,19,20). The number of nitrogens with zero attached hydrogens (tertiary/aromatic N) is 2. The van der Waals surface area contributed by atoms with Gasteiger partial charge in [0.15, 0.2) is 16.7 Å². The van der Waals surface area contributed by atoms with Crippen LogP contribution in [0.3, 0.4) is 0 Å². The number of guanidine groups is 1. The minimum absolute atomic E-state index is 0.426. The van der Waals surface area contributed by atoms with E-state index < -0.39 is 0 Å². The van der Waals surface area contributed by atoms with Crippen molar-refractivity contribution in [3.63, 3.8) is 0 Å². The van der Waals surface area contributed by atoms with Crippen LogP contribution in [0.1, 0.15) is 25.5 Å². The summed E-state index contributed by atoms with van der Waals surface area (Å²) in [5.74, 6) is 2.00. The van der Waals surface area contributed by atoms with Gasteiger partial charge in [0.1, 0.15) is 12.3 Å². The van der Waals surface area contributed by atoms with Crippen LogP contribution in [0.2, 0.25) is 0 Å². The number of aromatic nitrogens is 1. The second-order valence-corrected chi connectivity index (χ2v) is 6.27. The van der Waals surface area contributed by atoms with Crippen LogP contribution >= 0.6 is 11.3 Å².